The average Bonchev–Trinajstić information content (AvgIpc) is 2.60. The molecule has 2 aromatic carbocycles. The van der Waals surface area contributed by atoms with Gasteiger partial charge in [0.15, 0.2) is 0 Å². The smallest absolute Gasteiger partial charge is 0.319 e. The standard InChI is InChI=1S/C17H20N2O4/c1-21-13-7-4-6-12(10-13)11-18-17(20)19-16-14(22-2)8-5-9-15(16)23-3/h4-10H,11H2,1-3H3,(H2,18,19,20). The van der Waals surface area contributed by atoms with Gasteiger partial charge in [-0.15, -0.1) is 0 Å². The molecule has 0 unspecified atom stereocenters. The minimum atomic E-state index is -0.351. The first-order valence-corrected chi connectivity index (χ1v) is 7.06. The van der Waals surface area contributed by atoms with Crippen molar-refractivity contribution in [1.82, 2.24) is 5.32 Å². The number of rotatable bonds is 6. The van der Waals surface area contributed by atoms with Crippen molar-refractivity contribution in [3.05, 3.63) is 48.0 Å². The first-order chi connectivity index (χ1) is 11.2. The Kier molecular flexibility index (Phi) is 5.68. The fourth-order valence-electron chi connectivity index (χ4n) is 2.10. The van der Waals surface area contributed by atoms with E-state index in [9.17, 15) is 4.79 Å². The van der Waals surface area contributed by atoms with Crippen LogP contribution in [0.15, 0.2) is 42.5 Å². The second kappa shape index (κ2) is 7.93. The largest absolute Gasteiger partial charge is 0.497 e. The zero-order valence-electron chi connectivity index (χ0n) is 13.4. The van der Waals surface area contributed by atoms with Gasteiger partial charge >= 0.3 is 6.03 Å². The van der Waals surface area contributed by atoms with Crippen LogP contribution in [0.2, 0.25) is 0 Å². The molecule has 0 aliphatic heterocycles. The number of para-hydroxylation sites is 1. The molecular formula is C17H20N2O4. The highest BCUT2D eigenvalue weighted by atomic mass is 16.5. The lowest BCUT2D eigenvalue weighted by atomic mass is 10.2. The van der Waals surface area contributed by atoms with Crippen molar-refractivity contribution >= 4 is 11.7 Å². The van der Waals surface area contributed by atoms with Gasteiger partial charge in [0.2, 0.25) is 0 Å². The number of benzene rings is 2. The van der Waals surface area contributed by atoms with E-state index in [2.05, 4.69) is 10.6 Å². The second-order valence-electron chi connectivity index (χ2n) is 4.70. The lowest BCUT2D eigenvalue weighted by Crippen LogP contribution is -2.28. The van der Waals surface area contributed by atoms with E-state index < -0.39 is 0 Å². The number of hydrogen-bond donors (Lipinski definition) is 2. The summed E-state index contributed by atoms with van der Waals surface area (Å²) in [4.78, 5) is 12.1. The summed E-state index contributed by atoms with van der Waals surface area (Å²) >= 11 is 0. The molecule has 23 heavy (non-hydrogen) atoms. The maximum atomic E-state index is 12.1. The Morgan fingerprint density at radius 3 is 2.22 bits per heavy atom. The number of urea groups is 1. The SMILES string of the molecule is COc1cccc(CNC(=O)Nc2c(OC)cccc2OC)c1. The molecule has 0 radical (unpaired) electrons. The molecule has 0 aliphatic carbocycles. The molecule has 6 heteroatoms. The number of carbonyl (C=O) groups excluding carboxylic acids is 1. The van der Waals surface area contributed by atoms with Gasteiger partial charge in [-0.3, -0.25) is 0 Å². The Hall–Kier alpha value is -2.89. The van der Waals surface area contributed by atoms with Crippen LogP contribution < -0.4 is 24.8 Å². The Morgan fingerprint density at radius 1 is 0.957 bits per heavy atom. The lowest BCUT2D eigenvalue weighted by Gasteiger charge is -2.14. The molecule has 122 valence electrons. The summed E-state index contributed by atoms with van der Waals surface area (Å²) in [5.74, 6) is 1.80. The molecule has 2 N–H and O–H groups in total. The van der Waals surface area contributed by atoms with Crippen LogP contribution in [0.25, 0.3) is 0 Å². The van der Waals surface area contributed by atoms with Crippen molar-refractivity contribution in [2.24, 2.45) is 0 Å². The topological polar surface area (TPSA) is 68.8 Å². The Labute approximate surface area is 135 Å². The highest BCUT2D eigenvalue weighted by molar-refractivity contribution is 5.92. The van der Waals surface area contributed by atoms with Crippen molar-refractivity contribution in [2.45, 2.75) is 6.54 Å². The van der Waals surface area contributed by atoms with Crippen molar-refractivity contribution in [2.75, 3.05) is 26.6 Å². The van der Waals surface area contributed by atoms with Crippen molar-refractivity contribution in [3.63, 3.8) is 0 Å². The number of nitrogens with one attached hydrogen (secondary N) is 2. The molecule has 0 fully saturated rings. The van der Waals surface area contributed by atoms with E-state index >= 15 is 0 Å². The maximum Gasteiger partial charge on any atom is 0.319 e. The third kappa shape index (κ3) is 4.29. The number of carbonyl (C=O) groups is 1. The predicted octanol–water partition coefficient (Wildman–Crippen LogP) is 3.03. The van der Waals surface area contributed by atoms with Crippen LogP contribution in [0, 0.1) is 0 Å². The Bertz CT molecular complexity index is 651. The molecule has 0 spiro atoms. The van der Waals surface area contributed by atoms with Crippen molar-refractivity contribution in [3.8, 4) is 17.2 Å². The summed E-state index contributed by atoms with van der Waals surface area (Å²) in [6, 6.07) is 12.4. The van der Waals surface area contributed by atoms with Gasteiger partial charge in [0.1, 0.15) is 22.9 Å². The van der Waals surface area contributed by atoms with Crippen LogP contribution in [0.1, 0.15) is 5.56 Å². The van der Waals surface area contributed by atoms with Crippen LogP contribution in [0.4, 0.5) is 10.5 Å². The summed E-state index contributed by atoms with van der Waals surface area (Å²) < 4.78 is 15.6. The average molecular weight is 316 g/mol. The van der Waals surface area contributed by atoms with E-state index in [0.717, 1.165) is 11.3 Å². The second-order valence-corrected chi connectivity index (χ2v) is 4.70. The Balaban J connectivity index is 2.02. The van der Waals surface area contributed by atoms with Gasteiger partial charge in [0.05, 0.1) is 21.3 Å². The van der Waals surface area contributed by atoms with Crippen LogP contribution >= 0.6 is 0 Å². The summed E-state index contributed by atoms with van der Waals surface area (Å²) in [5.41, 5.74) is 1.42. The fraction of sp³-hybridized carbons (Fsp3) is 0.235. The van der Waals surface area contributed by atoms with Crippen molar-refractivity contribution < 1.29 is 19.0 Å². The number of amides is 2. The molecule has 0 heterocycles. The molecule has 0 aromatic heterocycles. The molecule has 2 rings (SSSR count). The summed E-state index contributed by atoms with van der Waals surface area (Å²) in [6.45, 7) is 0.375. The molecule has 0 atom stereocenters. The van der Waals surface area contributed by atoms with E-state index in [1.807, 2.05) is 24.3 Å². The highest BCUT2D eigenvalue weighted by Gasteiger charge is 2.12. The zero-order chi connectivity index (χ0) is 16.7. The molecule has 0 saturated heterocycles. The van der Waals surface area contributed by atoms with Crippen LogP contribution in [0.5, 0.6) is 17.2 Å². The van der Waals surface area contributed by atoms with E-state index in [4.69, 9.17) is 14.2 Å². The predicted molar refractivity (Wildman–Crippen MR) is 88.4 cm³/mol. The molecular weight excluding hydrogens is 296 g/mol. The summed E-state index contributed by atoms with van der Waals surface area (Å²) in [5, 5.41) is 5.53. The third-order valence-corrected chi connectivity index (χ3v) is 3.25. The number of hydrogen-bond acceptors (Lipinski definition) is 4. The van der Waals surface area contributed by atoms with E-state index in [0.29, 0.717) is 23.7 Å². The van der Waals surface area contributed by atoms with E-state index in [1.165, 1.54) is 14.2 Å². The molecule has 6 nitrogen and oxygen atoms in total. The zero-order valence-corrected chi connectivity index (χ0v) is 13.4. The number of methoxy groups -OCH3 is 3. The summed E-state index contributed by atoms with van der Waals surface area (Å²) in [7, 11) is 4.68. The van der Waals surface area contributed by atoms with Crippen molar-refractivity contribution in [1.29, 1.82) is 0 Å². The van der Waals surface area contributed by atoms with Crippen LogP contribution in [-0.4, -0.2) is 27.4 Å². The molecule has 0 saturated carbocycles. The minimum Gasteiger partial charge on any atom is -0.497 e. The fourth-order valence-corrected chi connectivity index (χ4v) is 2.10. The van der Waals surface area contributed by atoms with Gasteiger partial charge < -0.3 is 24.8 Å². The third-order valence-electron chi connectivity index (χ3n) is 3.25. The molecule has 2 amide bonds. The molecule has 0 aliphatic rings. The van der Waals surface area contributed by atoms with Crippen LogP contribution in [-0.2, 0) is 6.54 Å². The van der Waals surface area contributed by atoms with E-state index in [1.54, 1.807) is 25.3 Å². The maximum absolute atomic E-state index is 12.1. The van der Waals surface area contributed by atoms with Gasteiger partial charge in [0, 0.05) is 6.54 Å². The van der Waals surface area contributed by atoms with Gasteiger partial charge in [-0.2, -0.15) is 0 Å². The highest BCUT2D eigenvalue weighted by Crippen LogP contribution is 2.33. The quantitative estimate of drug-likeness (QED) is 0.859. The first kappa shape index (κ1) is 16.5. The summed E-state index contributed by atoms with van der Waals surface area (Å²) in [6.07, 6.45) is 0. The van der Waals surface area contributed by atoms with E-state index in [-0.39, 0.29) is 6.03 Å². The molecule has 0 bridgehead atoms. The normalized spacial score (nSPS) is 9.87. The van der Waals surface area contributed by atoms with Gasteiger partial charge in [-0.05, 0) is 29.8 Å². The van der Waals surface area contributed by atoms with Crippen LogP contribution in [0.3, 0.4) is 0 Å². The van der Waals surface area contributed by atoms with Gasteiger partial charge in [-0.1, -0.05) is 18.2 Å². The molecule has 2 aromatic rings. The monoisotopic (exact) mass is 316 g/mol. The first-order valence-electron chi connectivity index (χ1n) is 7.06. The lowest BCUT2D eigenvalue weighted by molar-refractivity contribution is 0.251. The van der Waals surface area contributed by atoms with Gasteiger partial charge in [-0.25, -0.2) is 4.79 Å². The minimum absolute atomic E-state index is 0.351. The van der Waals surface area contributed by atoms with Gasteiger partial charge in [0.25, 0.3) is 0 Å². The Morgan fingerprint density at radius 2 is 1.61 bits per heavy atom. The number of ether oxygens (including phenoxy) is 3. The number of anilines is 1.